The van der Waals surface area contributed by atoms with Gasteiger partial charge in [0.1, 0.15) is 6.61 Å². The molecule has 1 unspecified atom stereocenters. The van der Waals surface area contributed by atoms with Crippen LogP contribution in [0.4, 0.5) is 4.79 Å². The van der Waals surface area contributed by atoms with Crippen molar-refractivity contribution in [2.24, 2.45) is 0 Å². The fourth-order valence-corrected chi connectivity index (χ4v) is 2.76. The second-order valence-corrected chi connectivity index (χ2v) is 5.38. The number of amides is 1. The molecule has 2 heterocycles. The molecule has 22 heavy (non-hydrogen) atoms. The summed E-state index contributed by atoms with van der Waals surface area (Å²) in [5.41, 5.74) is 1.77. The summed E-state index contributed by atoms with van der Waals surface area (Å²) in [5, 5.41) is 0. The minimum Gasteiger partial charge on any atom is -0.445 e. The van der Waals surface area contributed by atoms with E-state index in [1.54, 1.807) is 17.2 Å². The average Bonchev–Trinajstić information content (AvgIpc) is 3.04. The lowest BCUT2D eigenvalue weighted by atomic mass is 10.1. The van der Waals surface area contributed by atoms with Crippen LogP contribution in [0.2, 0.25) is 0 Å². The van der Waals surface area contributed by atoms with Gasteiger partial charge in [-0.05, 0) is 24.0 Å². The molecule has 5 heteroatoms. The molecular formula is C17H18N2O3. The molecule has 0 radical (unpaired) electrons. The number of nitrogens with zero attached hydrogens (tertiary/aromatic N) is 1. The smallest absolute Gasteiger partial charge is 0.410 e. The van der Waals surface area contributed by atoms with Crippen molar-refractivity contribution < 1.29 is 9.53 Å². The molecule has 1 fully saturated rings. The van der Waals surface area contributed by atoms with Crippen molar-refractivity contribution in [2.75, 3.05) is 6.54 Å². The summed E-state index contributed by atoms with van der Waals surface area (Å²) in [6.07, 6.45) is 3.18. The molecule has 0 aliphatic carbocycles. The number of carbonyl (C=O) groups is 1. The Labute approximate surface area is 128 Å². The number of hydrogen-bond acceptors (Lipinski definition) is 3. The Morgan fingerprint density at radius 1 is 1.23 bits per heavy atom. The molecule has 1 aromatic carbocycles. The van der Waals surface area contributed by atoms with Gasteiger partial charge >= 0.3 is 6.09 Å². The zero-order valence-electron chi connectivity index (χ0n) is 12.2. The third-order valence-corrected chi connectivity index (χ3v) is 3.89. The van der Waals surface area contributed by atoms with Gasteiger partial charge in [-0.15, -0.1) is 0 Å². The maximum atomic E-state index is 12.3. The highest BCUT2D eigenvalue weighted by Gasteiger charge is 2.31. The summed E-state index contributed by atoms with van der Waals surface area (Å²) in [6.45, 7) is 0.950. The van der Waals surface area contributed by atoms with E-state index in [1.807, 2.05) is 30.3 Å². The van der Waals surface area contributed by atoms with E-state index in [4.69, 9.17) is 4.74 Å². The van der Waals surface area contributed by atoms with Gasteiger partial charge < -0.3 is 14.6 Å². The first-order valence-corrected chi connectivity index (χ1v) is 7.40. The van der Waals surface area contributed by atoms with E-state index in [2.05, 4.69) is 4.98 Å². The number of likely N-dealkylation sites (tertiary alicyclic amines) is 1. The molecule has 1 aliphatic heterocycles. The first-order valence-electron chi connectivity index (χ1n) is 7.40. The van der Waals surface area contributed by atoms with Crippen LogP contribution >= 0.6 is 0 Å². The van der Waals surface area contributed by atoms with Gasteiger partial charge in [-0.1, -0.05) is 36.4 Å². The monoisotopic (exact) mass is 298 g/mol. The number of benzene rings is 1. The largest absolute Gasteiger partial charge is 0.445 e. The van der Waals surface area contributed by atoms with Crippen molar-refractivity contribution in [3.8, 4) is 0 Å². The van der Waals surface area contributed by atoms with Gasteiger partial charge in [-0.2, -0.15) is 0 Å². The number of H-pyrrole nitrogens is 1. The fourth-order valence-electron chi connectivity index (χ4n) is 2.76. The number of aromatic amines is 1. The molecule has 0 saturated carbocycles. The number of carbonyl (C=O) groups excluding carboxylic acids is 1. The first kappa shape index (κ1) is 14.4. The molecule has 0 spiro atoms. The van der Waals surface area contributed by atoms with Crippen LogP contribution in [0, 0.1) is 0 Å². The maximum Gasteiger partial charge on any atom is 0.410 e. The van der Waals surface area contributed by atoms with E-state index < -0.39 is 0 Å². The second kappa shape index (κ2) is 6.47. The fraction of sp³-hybridized carbons (Fsp3) is 0.294. The second-order valence-electron chi connectivity index (χ2n) is 5.38. The highest BCUT2D eigenvalue weighted by atomic mass is 16.6. The lowest BCUT2D eigenvalue weighted by Crippen LogP contribution is -2.31. The van der Waals surface area contributed by atoms with E-state index >= 15 is 0 Å². The number of rotatable bonds is 3. The van der Waals surface area contributed by atoms with E-state index in [-0.39, 0.29) is 24.3 Å². The molecule has 114 valence electrons. The summed E-state index contributed by atoms with van der Waals surface area (Å²) in [5.74, 6) is 0. The van der Waals surface area contributed by atoms with Gasteiger partial charge in [0.05, 0.1) is 6.04 Å². The van der Waals surface area contributed by atoms with Gasteiger partial charge in [-0.3, -0.25) is 4.79 Å². The Balaban J connectivity index is 1.66. The Hall–Kier alpha value is -2.56. The quantitative estimate of drug-likeness (QED) is 0.947. The normalized spacial score (nSPS) is 17.5. The van der Waals surface area contributed by atoms with Crippen molar-refractivity contribution >= 4 is 6.09 Å². The van der Waals surface area contributed by atoms with Crippen LogP contribution in [0.25, 0.3) is 0 Å². The van der Waals surface area contributed by atoms with Crippen LogP contribution in [-0.4, -0.2) is 22.5 Å². The van der Waals surface area contributed by atoms with Crippen molar-refractivity contribution in [2.45, 2.75) is 25.5 Å². The predicted octanol–water partition coefficient (Wildman–Crippen LogP) is 2.85. The topological polar surface area (TPSA) is 62.4 Å². The van der Waals surface area contributed by atoms with Gasteiger partial charge in [0.15, 0.2) is 0 Å². The van der Waals surface area contributed by atoms with Crippen LogP contribution in [0.3, 0.4) is 0 Å². The van der Waals surface area contributed by atoms with Gasteiger partial charge in [0.2, 0.25) is 5.56 Å². The SMILES string of the molecule is O=C(OCc1ccccc1)N1CCCC1c1ccc(=O)[nH]c1. The zero-order valence-corrected chi connectivity index (χ0v) is 12.2. The summed E-state index contributed by atoms with van der Waals surface area (Å²) in [7, 11) is 0. The molecule has 5 nitrogen and oxygen atoms in total. The predicted molar refractivity (Wildman–Crippen MR) is 82.4 cm³/mol. The highest BCUT2D eigenvalue weighted by Crippen LogP contribution is 2.31. The van der Waals surface area contributed by atoms with Crippen LogP contribution in [0.15, 0.2) is 53.5 Å². The van der Waals surface area contributed by atoms with E-state index in [1.165, 1.54) is 6.07 Å². The molecule has 1 atom stereocenters. The van der Waals surface area contributed by atoms with Gasteiger partial charge in [0.25, 0.3) is 0 Å². The number of ether oxygens (including phenoxy) is 1. The van der Waals surface area contributed by atoms with Crippen molar-refractivity contribution in [1.29, 1.82) is 0 Å². The van der Waals surface area contributed by atoms with E-state index in [0.717, 1.165) is 24.0 Å². The Morgan fingerprint density at radius 2 is 2.05 bits per heavy atom. The van der Waals surface area contributed by atoms with E-state index in [0.29, 0.717) is 6.54 Å². The molecule has 1 N–H and O–H groups in total. The molecule has 1 saturated heterocycles. The summed E-state index contributed by atoms with van der Waals surface area (Å²) >= 11 is 0. The van der Waals surface area contributed by atoms with Crippen molar-refractivity contribution in [1.82, 2.24) is 9.88 Å². The van der Waals surface area contributed by atoms with Crippen molar-refractivity contribution in [3.63, 3.8) is 0 Å². The molecule has 1 amide bonds. The summed E-state index contributed by atoms with van der Waals surface area (Å²) < 4.78 is 5.40. The third-order valence-electron chi connectivity index (χ3n) is 3.89. The standard InChI is InChI=1S/C17H18N2O3/c20-16-9-8-14(11-18-16)15-7-4-10-19(15)17(21)22-12-13-5-2-1-3-6-13/h1-3,5-6,8-9,11,15H,4,7,10,12H2,(H,18,20). The number of nitrogens with one attached hydrogen (secondary N) is 1. The van der Waals surface area contributed by atoms with E-state index in [9.17, 15) is 9.59 Å². The lowest BCUT2D eigenvalue weighted by molar-refractivity contribution is 0.0920. The molecule has 3 rings (SSSR count). The molecule has 0 bridgehead atoms. The van der Waals surface area contributed by atoms with Crippen LogP contribution in [-0.2, 0) is 11.3 Å². The Kier molecular flexibility index (Phi) is 4.23. The molecule has 2 aromatic rings. The number of aromatic nitrogens is 1. The van der Waals surface area contributed by atoms with Crippen LogP contribution < -0.4 is 5.56 Å². The number of hydrogen-bond donors (Lipinski definition) is 1. The molecular weight excluding hydrogens is 280 g/mol. The molecule has 1 aromatic heterocycles. The minimum atomic E-state index is -0.308. The minimum absolute atomic E-state index is 0.0277. The Morgan fingerprint density at radius 3 is 2.77 bits per heavy atom. The highest BCUT2D eigenvalue weighted by molar-refractivity contribution is 5.68. The summed E-state index contributed by atoms with van der Waals surface area (Å²) in [6, 6.07) is 12.9. The third kappa shape index (κ3) is 3.19. The zero-order chi connectivity index (χ0) is 15.4. The van der Waals surface area contributed by atoms with Gasteiger partial charge in [0, 0.05) is 18.8 Å². The molecule has 1 aliphatic rings. The van der Waals surface area contributed by atoms with Gasteiger partial charge in [-0.25, -0.2) is 4.79 Å². The summed E-state index contributed by atoms with van der Waals surface area (Å²) in [4.78, 5) is 27.8. The first-order chi connectivity index (χ1) is 10.7. The lowest BCUT2D eigenvalue weighted by Gasteiger charge is -2.24. The van der Waals surface area contributed by atoms with Crippen molar-refractivity contribution in [3.05, 3.63) is 70.1 Å². The maximum absolute atomic E-state index is 12.3. The number of pyridine rings is 1. The van der Waals surface area contributed by atoms with Crippen LogP contribution in [0.5, 0.6) is 0 Å². The Bertz CT molecular complexity index is 676. The van der Waals surface area contributed by atoms with Crippen LogP contribution in [0.1, 0.15) is 30.0 Å². The average molecular weight is 298 g/mol.